The smallest absolute Gasteiger partial charge is 0.258 e. The van der Waals surface area contributed by atoms with Gasteiger partial charge in [0.1, 0.15) is 0 Å². The first-order chi connectivity index (χ1) is 14.5. The van der Waals surface area contributed by atoms with Crippen LogP contribution in [0.15, 0.2) is 91.0 Å². The van der Waals surface area contributed by atoms with Gasteiger partial charge < -0.3 is 0 Å². The van der Waals surface area contributed by atoms with E-state index in [9.17, 15) is 20.2 Å². The molecule has 0 saturated heterocycles. The van der Waals surface area contributed by atoms with Crippen molar-refractivity contribution in [2.45, 2.75) is 0 Å². The molecule has 0 N–H and O–H groups in total. The molecule has 4 rings (SSSR count). The molecule has 0 fully saturated rings. The second-order valence-electron chi connectivity index (χ2n) is 6.61. The number of nitro groups is 2. The quantitative estimate of drug-likeness (QED) is 0.308. The van der Waals surface area contributed by atoms with E-state index < -0.39 is 9.85 Å². The summed E-state index contributed by atoms with van der Waals surface area (Å²) in [6, 6.07) is 25.8. The fourth-order valence-corrected chi connectivity index (χ4v) is 3.18. The first-order valence-electron chi connectivity index (χ1n) is 9.08. The molecule has 146 valence electrons. The predicted octanol–water partition coefficient (Wildman–Crippen LogP) is 5.90. The lowest BCUT2D eigenvalue weighted by molar-refractivity contribution is -0.385. The summed E-state index contributed by atoms with van der Waals surface area (Å²) >= 11 is 0. The molecule has 30 heavy (non-hydrogen) atoms. The number of hydrogen-bond donors (Lipinski definition) is 0. The van der Waals surface area contributed by atoms with E-state index in [0.717, 1.165) is 11.1 Å². The van der Waals surface area contributed by atoms with Crippen molar-refractivity contribution in [3.8, 4) is 33.6 Å². The van der Waals surface area contributed by atoms with E-state index in [1.807, 2.05) is 42.5 Å². The normalized spacial score (nSPS) is 10.5. The van der Waals surface area contributed by atoms with Crippen LogP contribution < -0.4 is 0 Å². The second-order valence-corrected chi connectivity index (χ2v) is 6.61. The zero-order chi connectivity index (χ0) is 21.1. The first-order valence-corrected chi connectivity index (χ1v) is 9.08. The number of hydrogen-bond acceptors (Lipinski definition) is 5. The Labute approximate surface area is 171 Å². The van der Waals surface area contributed by atoms with Crippen LogP contribution in [0.1, 0.15) is 0 Å². The summed E-state index contributed by atoms with van der Waals surface area (Å²) < 4.78 is 0. The molecule has 0 unspecified atom stereocenters. The van der Waals surface area contributed by atoms with Crippen LogP contribution >= 0.6 is 0 Å². The van der Waals surface area contributed by atoms with Crippen LogP contribution in [-0.4, -0.2) is 14.8 Å². The third-order valence-corrected chi connectivity index (χ3v) is 4.64. The molecule has 0 aliphatic rings. The van der Waals surface area contributed by atoms with Gasteiger partial charge >= 0.3 is 0 Å². The zero-order valence-corrected chi connectivity index (χ0v) is 15.6. The van der Waals surface area contributed by atoms with Crippen molar-refractivity contribution >= 4 is 11.4 Å². The van der Waals surface area contributed by atoms with Crippen molar-refractivity contribution in [3.05, 3.63) is 111 Å². The van der Waals surface area contributed by atoms with Crippen LogP contribution in [-0.2, 0) is 0 Å². The van der Waals surface area contributed by atoms with Crippen molar-refractivity contribution in [3.63, 3.8) is 0 Å². The fourth-order valence-electron chi connectivity index (χ4n) is 3.18. The monoisotopic (exact) mass is 397 g/mol. The van der Waals surface area contributed by atoms with Crippen LogP contribution in [0.4, 0.5) is 11.4 Å². The predicted molar refractivity (Wildman–Crippen MR) is 114 cm³/mol. The number of nitro benzene ring substituents is 2. The maximum absolute atomic E-state index is 11.2. The molecular weight excluding hydrogens is 382 g/mol. The minimum Gasteiger partial charge on any atom is -0.258 e. The van der Waals surface area contributed by atoms with Crippen molar-refractivity contribution in [2.75, 3.05) is 0 Å². The molecule has 0 saturated carbocycles. The Kier molecular flexibility index (Phi) is 5.00. The van der Waals surface area contributed by atoms with Gasteiger partial charge in [0.2, 0.25) is 0 Å². The van der Waals surface area contributed by atoms with Crippen LogP contribution in [0, 0.1) is 20.2 Å². The molecule has 0 spiro atoms. The van der Waals surface area contributed by atoms with Crippen molar-refractivity contribution in [1.82, 2.24) is 4.98 Å². The Hall–Kier alpha value is -4.39. The largest absolute Gasteiger partial charge is 0.270 e. The minimum absolute atomic E-state index is 0.0312. The third kappa shape index (κ3) is 3.90. The standard InChI is InChI=1S/C23H15N3O4/c27-25(28)20-10-4-8-17(12-20)22-14-19(16-6-2-1-3-7-16)15-23(24-22)18-9-5-11-21(13-18)26(29)30/h1-15H. The fraction of sp³-hybridized carbons (Fsp3) is 0. The molecule has 1 heterocycles. The lowest BCUT2D eigenvalue weighted by Gasteiger charge is -2.10. The Balaban J connectivity index is 1.92. The highest BCUT2D eigenvalue weighted by Gasteiger charge is 2.14. The molecule has 1 aromatic heterocycles. The maximum atomic E-state index is 11.2. The van der Waals surface area contributed by atoms with Gasteiger partial charge in [-0.15, -0.1) is 0 Å². The number of rotatable bonds is 5. The van der Waals surface area contributed by atoms with E-state index in [0.29, 0.717) is 22.5 Å². The molecule has 0 amide bonds. The van der Waals surface area contributed by atoms with E-state index in [1.165, 1.54) is 24.3 Å². The van der Waals surface area contributed by atoms with Crippen LogP contribution in [0.3, 0.4) is 0 Å². The highest BCUT2D eigenvalue weighted by molar-refractivity contribution is 5.77. The Morgan fingerprint density at radius 3 is 1.47 bits per heavy atom. The maximum Gasteiger partial charge on any atom is 0.270 e. The molecule has 3 aromatic carbocycles. The van der Waals surface area contributed by atoms with Gasteiger partial charge in [-0.1, -0.05) is 54.6 Å². The Morgan fingerprint density at radius 1 is 0.533 bits per heavy atom. The van der Waals surface area contributed by atoms with Crippen molar-refractivity contribution in [1.29, 1.82) is 0 Å². The van der Waals surface area contributed by atoms with E-state index in [-0.39, 0.29) is 11.4 Å². The molecule has 4 aromatic rings. The number of pyridine rings is 1. The van der Waals surface area contributed by atoms with Crippen LogP contribution in [0.2, 0.25) is 0 Å². The van der Waals surface area contributed by atoms with Gasteiger partial charge in [-0.05, 0) is 23.3 Å². The number of aromatic nitrogens is 1. The molecule has 0 atom stereocenters. The molecule has 0 aliphatic heterocycles. The van der Waals surface area contributed by atoms with Gasteiger partial charge in [0.25, 0.3) is 11.4 Å². The average Bonchev–Trinajstić information content (AvgIpc) is 2.79. The summed E-state index contributed by atoms with van der Waals surface area (Å²) in [5.41, 5.74) is 4.00. The van der Waals surface area contributed by atoms with Crippen LogP contribution in [0.25, 0.3) is 33.6 Å². The Bertz CT molecular complexity index is 1180. The summed E-state index contributed by atoms with van der Waals surface area (Å²) in [6.45, 7) is 0. The number of benzene rings is 3. The minimum atomic E-state index is -0.452. The first kappa shape index (κ1) is 18.9. The molecular formula is C23H15N3O4. The molecule has 0 radical (unpaired) electrons. The van der Waals surface area contributed by atoms with Gasteiger partial charge in [0.05, 0.1) is 21.2 Å². The van der Waals surface area contributed by atoms with E-state index in [4.69, 9.17) is 0 Å². The van der Waals surface area contributed by atoms with Gasteiger partial charge in [0.15, 0.2) is 0 Å². The highest BCUT2D eigenvalue weighted by atomic mass is 16.6. The lowest BCUT2D eigenvalue weighted by atomic mass is 9.99. The lowest BCUT2D eigenvalue weighted by Crippen LogP contribution is -1.94. The van der Waals surface area contributed by atoms with Gasteiger partial charge in [0, 0.05) is 35.4 Å². The summed E-state index contributed by atoms with van der Waals surface area (Å²) in [7, 11) is 0. The average molecular weight is 397 g/mol. The van der Waals surface area contributed by atoms with Crippen LogP contribution in [0.5, 0.6) is 0 Å². The number of non-ortho nitro benzene ring substituents is 2. The summed E-state index contributed by atoms with van der Waals surface area (Å²) in [5, 5.41) is 22.4. The van der Waals surface area contributed by atoms with Gasteiger partial charge in [-0.25, -0.2) is 4.98 Å². The second kappa shape index (κ2) is 7.92. The van der Waals surface area contributed by atoms with Gasteiger partial charge in [-0.2, -0.15) is 0 Å². The Morgan fingerprint density at radius 2 is 1.00 bits per heavy atom. The zero-order valence-electron chi connectivity index (χ0n) is 15.6. The van der Waals surface area contributed by atoms with Crippen molar-refractivity contribution < 1.29 is 9.85 Å². The third-order valence-electron chi connectivity index (χ3n) is 4.64. The van der Waals surface area contributed by atoms with E-state index >= 15 is 0 Å². The molecule has 7 heteroatoms. The molecule has 7 nitrogen and oxygen atoms in total. The highest BCUT2D eigenvalue weighted by Crippen LogP contribution is 2.32. The summed E-state index contributed by atoms with van der Waals surface area (Å²) in [5.74, 6) is 0. The van der Waals surface area contributed by atoms with Gasteiger partial charge in [-0.3, -0.25) is 20.2 Å². The topological polar surface area (TPSA) is 99.2 Å². The van der Waals surface area contributed by atoms with E-state index in [2.05, 4.69) is 4.98 Å². The van der Waals surface area contributed by atoms with E-state index in [1.54, 1.807) is 24.3 Å². The number of nitrogens with zero attached hydrogens (tertiary/aromatic N) is 3. The van der Waals surface area contributed by atoms with Crippen molar-refractivity contribution in [2.24, 2.45) is 0 Å². The summed E-state index contributed by atoms with van der Waals surface area (Å²) in [6.07, 6.45) is 0. The summed E-state index contributed by atoms with van der Waals surface area (Å²) in [4.78, 5) is 26.1. The molecule has 0 bridgehead atoms. The SMILES string of the molecule is O=[N+]([O-])c1cccc(-c2cc(-c3ccccc3)cc(-c3cccc([N+](=O)[O-])c3)n2)c1. The molecule has 0 aliphatic carbocycles.